The minimum Gasteiger partial charge on any atom is -0.493 e. The third kappa shape index (κ3) is 6.02. The summed E-state index contributed by atoms with van der Waals surface area (Å²) in [6, 6.07) is 16.3. The van der Waals surface area contributed by atoms with Crippen molar-refractivity contribution in [1.29, 1.82) is 0 Å². The largest absolute Gasteiger partial charge is 0.493 e. The van der Waals surface area contributed by atoms with Crippen molar-refractivity contribution in [2.24, 2.45) is 0 Å². The molecule has 2 aromatic carbocycles. The molecule has 0 fully saturated rings. The highest BCUT2D eigenvalue weighted by atomic mass is 19.1. The number of nitrogens with zero attached hydrogens (tertiary/aromatic N) is 2. The van der Waals surface area contributed by atoms with Gasteiger partial charge in [-0.15, -0.1) is 0 Å². The first-order valence-corrected chi connectivity index (χ1v) is 11.2. The van der Waals surface area contributed by atoms with Gasteiger partial charge in [0.05, 0.1) is 26.9 Å². The molecule has 188 valence electrons. The highest BCUT2D eigenvalue weighted by Crippen LogP contribution is 2.40. The molecule has 8 nitrogen and oxygen atoms in total. The molecular formula is C28H25FN4O4. The first-order valence-electron chi connectivity index (χ1n) is 11.2. The summed E-state index contributed by atoms with van der Waals surface area (Å²) in [5, 5.41) is 6.30. The van der Waals surface area contributed by atoms with E-state index in [4.69, 9.17) is 14.2 Å². The first-order chi connectivity index (χ1) is 18.0. The Morgan fingerprint density at radius 1 is 0.811 bits per heavy atom. The lowest BCUT2D eigenvalue weighted by Gasteiger charge is -2.15. The van der Waals surface area contributed by atoms with Gasteiger partial charge < -0.3 is 24.8 Å². The van der Waals surface area contributed by atoms with Crippen LogP contribution in [0.25, 0.3) is 6.08 Å². The van der Waals surface area contributed by atoms with E-state index in [1.807, 2.05) is 6.07 Å². The summed E-state index contributed by atoms with van der Waals surface area (Å²) in [4.78, 5) is 21.9. The van der Waals surface area contributed by atoms with E-state index in [2.05, 4.69) is 20.6 Å². The highest BCUT2D eigenvalue weighted by Gasteiger charge is 2.16. The number of halogens is 1. The molecule has 0 radical (unpaired) electrons. The zero-order valence-corrected chi connectivity index (χ0v) is 20.5. The molecule has 0 aliphatic carbocycles. The highest BCUT2D eigenvalue weighted by molar-refractivity contribution is 6.10. The standard InChI is InChI=1S/C28H25FN4O4/c1-35-24-16-21(17-25(36-2)26(24)37-3)33-28-22(7-5-15-31-28)23(34)13-8-18-6-4-14-30-27(18)32-20-11-9-19(29)10-12-20/h4-17H,1-3H3,(H,30,32)(H,31,33). The summed E-state index contributed by atoms with van der Waals surface area (Å²) < 4.78 is 29.4. The van der Waals surface area contributed by atoms with Crippen molar-refractivity contribution in [3.05, 3.63) is 96.1 Å². The lowest BCUT2D eigenvalue weighted by Crippen LogP contribution is -2.04. The van der Waals surface area contributed by atoms with E-state index in [0.29, 0.717) is 51.4 Å². The summed E-state index contributed by atoms with van der Waals surface area (Å²) in [6.07, 6.45) is 6.33. The van der Waals surface area contributed by atoms with Crippen LogP contribution in [0.15, 0.2) is 79.1 Å². The molecular weight excluding hydrogens is 475 g/mol. The van der Waals surface area contributed by atoms with Crippen molar-refractivity contribution in [3.63, 3.8) is 0 Å². The third-order valence-electron chi connectivity index (χ3n) is 5.36. The smallest absolute Gasteiger partial charge is 0.203 e. The molecule has 4 aromatic rings. The number of pyridine rings is 2. The maximum absolute atomic E-state index is 13.2. The third-order valence-corrected chi connectivity index (χ3v) is 5.36. The molecule has 0 atom stereocenters. The van der Waals surface area contributed by atoms with Crippen LogP contribution in [0, 0.1) is 5.82 Å². The molecule has 0 aliphatic rings. The summed E-state index contributed by atoms with van der Waals surface area (Å²) in [6.45, 7) is 0. The normalized spacial score (nSPS) is 10.7. The second kappa shape index (κ2) is 11.7. The van der Waals surface area contributed by atoms with E-state index in [1.54, 1.807) is 60.9 Å². The number of ether oxygens (including phenoxy) is 3. The van der Waals surface area contributed by atoms with Gasteiger partial charge in [0.2, 0.25) is 5.75 Å². The predicted molar refractivity (Wildman–Crippen MR) is 141 cm³/mol. The van der Waals surface area contributed by atoms with Crippen molar-refractivity contribution in [2.75, 3.05) is 32.0 Å². The van der Waals surface area contributed by atoms with E-state index in [9.17, 15) is 9.18 Å². The van der Waals surface area contributed by atoms with Gasteiger partial charge in [-0.2, -0.15) is 0 Å². The molecule has 0 bridgehead atoms. The fourth-order valence-corrected chi connectivity index (χ4v) is 3.58. The van der Waals surface area contributed by atoms with Crippen LogP contribution in [0.5, 0.6) is 17.2 Å². The predicted octanol–water partition coefficient (Wildman–Crippen LogP) is 6.02. The molecule has 9 heteroatoms. The number of benzene rings is 2. The molecule has 2 heterocycles. The van der Waals surface area contributed by atoms with Gasteiger partial charge in [0, 0.05) is 41.5 Å². The number of hydrogen-bond acceptors (Lipinski definition) is 8. The quantitative estimate of drug-likeness (QED) is 0.202. The SMILES string of the molecule is COc1cc(Nc2ncccc2C(=O)C=Cc2cccnc2Nc2ccc(F)cc2)cc(OC)c1OC. The maximum Gasteiger partial charge on any atom is 0.203 e. The molecule has 0 unspecified atom stereocenters. The molecule has 0 aliphatic heterocycles. The molecule has 2 N–H and O–H groups in total. The van der Waals surface area contributed by atoms with Crippen molar-refractivity contribution >= 4 is 34.9 Å². The van der Waals surface area contributed by atoms with Crippen LogP contribution in [0.1, 0.15) is 15.9 Å². The van der Waals surface area contributed by atoms with Gasteiger partial charge in [0.1, 0.15) is 17.5 Å². The Balaban J connectivity index is 1.58. The van der Waals surface area contributed by atoms with E-state index < -0.39 is 0 Å². The molecule has 0 amide bonds. The molecule has 4 rings (SSSR count). The lowest BCUT2D eigenvalue weighted by atomic mass is 10.1. The average Bonchev–Trinajstić information content (AvgIpc) is 2.93. The zero-order valence-electron chi connectivity index (χ0n) is 20.5. The van der Waals surface area contributed by atoms with Crippen molar-refractivity contribution in [1.82, 2.24) is 9.97 Å². The second-order valence-electron chi connectivity index (χ2n) is 7.71. The molecule has 0 spiro atoms. The van der Waals surface area contributed by atoms with Crippen molar-refractivity contribution in [3.8, 4) is 17.2 Å². The fourth-order valence-electron chi connectivity index (χ4n) is 3.58. The number of carbonyl (C=O) groups excluding carboxylic acids is 1. The lowest BCUT2D eigenvalue weighted by molar-refractivity contribution is 0.104. The Morgan fingerprint density at radius 3 is 2.08 bits per heavy atom. The Hall–Kier alpha value is -4.92. The number of allylic oxidation sites excluding steroid dienone is 1. The summed E-state index contributed by atoms with van der Waals surface area (Å²) in [7, 11) is 4.58. The fraction of sp³-hybridized carbons (Fsp3) is 0.107. The number of ketones is 1. The van der Waals surface area contributed by atoms with Crippen LogP contribution in [-0.2, 0) is 0 Å². The molecule has 0 saturated carbocycles. The number of anilines is 4. The van der Waals surface area contributed by atoms with Gasteiger partial charge in [0.25, 0.3) is 0 Å². The van der Waals surface area contributed by atoms with E-state index in [-0.39, 0.29) is 11.6 Å². The van der Waals surface area contributed by atoms with Crippen LogP contribution >= 0.6 is 0 Å². The van der Waals surface area contributed by atoms with Crippen molar-refractivity contribution in [2.45, 2.75) is 0 Å². The topological polar surface area (TPSA) is 94.6 Å². The molecule has 2 aromatic heterocycles. The van der Waals surface area contributed by atoms with E-state index in [0.717, 1.165) is 0 Å². The second-order valence-corrected chi connectivity index (χ2v) is 7.71. The van der Waals surface area contributed by atoms with Crippen LogP contribution in [0.2, 0.25) is 0 Å². The van der Waals surface area contributed by atoms with Gasteiger partial charge in [-0.05, 0) is 60.7 Å². The van der Waals surface area contributed by atoms with Crippen LogP contribution in [0.3, 0.4) is 0 Å². The van der Waals surface area contributed by atoms with Gasteiger partial charge in [-0.25, -0.2) is 14.4 Å². The Morgan fingerprint density at radius 2 is 1.43 bits per heavy atom. The Labute approximate surface area is 213 Å². The van der Waals surface area contributed by atoms with Gasteiger partial charge >= 0.3 is 0 Å². The maximum atomic E-state index is 13.2. The first kappa shape index (κ1) is 25.2. The van der Waals surface area contributed by atoms with Crippen molar-refractivity contribution < 1.29 is 23.4 Å². The number of nitrogens with one attached hydrogen (secondary N) is 2. The molecule has 37 heavy (non-hydrogen) atoms. The van der Waals surface area contributed by atoms with Gasteiger partial charge in [0.15, 0.2) is 17.3 Å². The van der Waals surface area contributed by atoms with Crippen LogP contribution in [-0.4, -0.2) is 37.1 Å². The Kier molecular flexibility index (Phi) is 7.95. The monoisotopic (exact) mass is 500 g/mol. The summed E-state index contributed by atoms with van der Waals surface area (Å²) >= 11 is 0. The number of methoxy groups -OCH3 is 3. The van der Waals surface area contributed by atoms with Gasteiger partial charge in [-0.3, -0.25) is 4.79 Å². The van der Waals surface area contributed by atoms with Crippen LogP contribution in [0.4, 0.5) is 27.4 Å². The van der Waals surface area contributed by atoms with Crippen LogP contribution < -0.4 is 24.8 Å². The minimum atomic E-state index is -0.329. The van der Waals surface area contributed by atoms with E-state index >= 15 is 0 Å². The zero-order chi connectivity index (χ0) is 26.2. The summed E-state index contributed by atoms with van der Waals surface area (Å²) in [5.41, 5.74) is 2.32. The minimum absolute atomic E-state index is 0.264. The number of aromatic nitrogens is 2. The number of hydrogen-bond donors (Lipinski definition) is 2. The summed E-state index contributed by atoms with van der Waals surface area (Å²) in [5.74, 6) is 1.68. The Bertz CT molecular complexity index is 1400. The molecule has 0 saturated heterocycles. The number of rotatable bonds is 10. The van der Waals surface area contributed by atoms with E-state index in [1.165, 1.54) is 39.5 Å². The number of carbonyl (C=O) groups is 1. The van der Waals surface area contributed by atoms with Gasteiger partial charge in [-0.1, -0.05) is 0 Å². The average molecular weight is 501 g/mol.